The second-order valence-corrected chi connectivity index (χ2v) is 8.05. The van der Waals surface area contributed by atoms with E-state index in [0.717, 1.165) is 37.1 Å². The number of carbonyl (C=O) groups is 1. The van der Waals surface area contributed by atoms with Crippen LogP contribution >= 0.6 is 11.6 Å². The van der Waals surface area contributed by atoms with Crippen LogP contribution in [-0.4, -0.2) is 30.0 Å². The van der Waals surface area contributed by atoms with Crippen molar-refractivity contribution in [2.75, 3.05) is 18.0 Å². The van der Waals surface area contributed by atoms with Crippen molar-refractivity contribution < 1.29 is 18.0 Å². The lowest BCUT2D eigenvalue weighted by molar-refractivity contribution is -0.137. The monoisotopic (exact) mass is 423 g/mol. The Bertz CT molecular complexity index is 879. The first-order chi connectivity index (χ1) is 13.8. The van der Waals surface area contributed by atoms with E-state index in [1.54, 1.807) is 0 Å². The molecular formula is C21H21ClF3N3O. The van der Waals surface area contributed by atoms with E-state index in [1.807, 2.05) is 29.2 Å². The molecule has 154 valence electrons. The number of alkyl halides is 3. The van der Waals surface area contributed by atoms with Crippen molar-refractivity contribution in [2.24, 2.45) is 5.92 Å². The Morgan fingerprint density at radius 2 is 1.86 bits per heavy atom. The molecule has 2 aromatic rings. The van der Waals surface area contributed by atoms with Gasteiger partial charge in [-0.2, -0.15) is 13.2 Å². The third-order valence-electron chi connectivity index (χ3n) is 5.67. The molecule has 0 spiro atoms. The van der Waals surface area contributed by atoms with Gasteiger partial charge in [-0.3, -0.25) is 4.79 Å². The van der Waals surface area contributed by atoms with E-state index < -0.39 is 11.7 Å². The summed E-state index contributed by atoms with van der Waals surface area (Å²) in [4.78, 5) is 18.5. The van der Waals surface area contributed by atoms with Gasteiger partial charge in [0.25, 0.3) is 0 Å². The fourth-order valence-electron chi connectivity index (χ4n) is 3.91. The van der Waals surface area contributed by atoms with Gasteiger partial charge in [0, 0.05) is 36.3 Å². The van der Waals surface area contributed by atoms with Gasteiger partial charge in [0.15, 0.2) is 0 Å². The zero-order valence-corrected chi connectivity index (χ0v) is 16.4. The van der Waals surface area contributed by atoms with Crippen molar-refractivity contribution in [1.29, 1.82) is 0 Å². The van der Waals surface area contributed by atoms with E-state index in [9.17, 15) is 18.0 Å². The maximum Gasteiger partial charge on any atom is 0.417 e. The molecule has 2 unspecified atom stereocenters. The van der Waals surface area contributed by atoms with Gasteiger partial charge < -0.3 is 10.2 Å². The van der Waals surface area contributed by atoms with E-state index in [-0.39, 0.29) is 23.8 Å². The zero-order chi connectivity index (χ0) is 20.6. The number of carbonyl (C=O) groups excluding carboxylic acids is 1. The van der Waals surface area contributed by atoms with Gasteiger partial charge in [0.1, 0.15) is 5.82 Å². The van der Waals surface area contributed by atoms with E-state index >= 15 is 0 Å². The van der Waals surface area contributed by atoms with Crippen molar-refractivity contribution in [1.82, 2.24) is 10.3 Å². The predicted molar refractivity (Wildman–Crippen MR) is 105 cm³/mol. The lowest BCUT2D eigenvalue weighted by Gasteiger charge is -2.33. The smallest absolute Gasteiger partial charge is 0.356 e. The second kappa shape index (κ2) is 7.86. The number of amides is 1. The van der Waals surface area contributed by atoms with Crippen LogP contribution < -0.4 is 10.2 Å². The zero-order valence-electron chi connectivity index (χ0n) is 15.6. The molecule has 1 aliphatic heterocycles. The van der Waals surface area contributed by atoms with Gasteiger partial charge in [0.05, 0.1) is 5.56 Å². The second-order valence-electron chi connectivity index (χ2n) is 7.64. The Morgan fingerprint density at radius 1 is 1.14 bits per heavy atom. The van der Waals surface area contributed by atoms with E-state index in [4.69, 9.17) is 11.6 Å². The predicted octanol–water partition coefficient (Wildman–Crippen LogP) is 4.64. The quantitative estimate of drug-likeness (QED) is 0.779. The molecule has 1 saturated heterocycles. The number of halogens is 4. The number of hydrogen-bond acceptors (Lipinski definition) is 3. The van der Waals surface area contributed by atoms with Crippen LogP contribution in [0.2, 0.25) is 5.02 Å². The molecule has 1 saturated carbocycles. The van der Waals surface area contributed by atoms with Gasteiger partial charge in [0.2, 0.25) is 5.91 Å². The van der Waals surface area contributed by atoms with Crippen LogP contribution in [0.1, 0.15) is 36.3 Å². The average Bonchev–Trinajstić information content (AvgIpc) is 3.49. The molecular weight excluding hydrogens is 403 g/mol. The van der Waals surface area contributed by atoms with Crippen LogP contribution in [0.3, 0.4) is 0 Å². The highest BCUT2D eigenvalue weighted by molar-refractivity contribution is 6.31. The first-order valence-corrected chi connectivity index (χ1v) is 10.0. The minimum atomic E-state index is -4.38. The average molecular weight is 424 g/mol. The fourth-order valence-corrected chi connectivity index (χ4v) is 4.18. The number of rotatable bonds is 4. The maximum atomic E-state index is 12.7. The molecule has 4 rings (SSSR count). The summed E-state index contributed by atoms with van der Waals surface area (Å²) in [6.07, 6.45) is -1.24. The molecule has 1 aliphatic carbocycles. The highest BCUT2D eigenvalue weighted by Crippen LogP contribution is 2.49. The summed E-state index contributed by atoms with van der Waals surface area (Å²) >= 11 is 6.22. The van der Waals surface area contributed by atoms with Crippen molar-refractivity contribution in [3.8, 4) is 0 Å². The van der Waals surface area contributed by atoms with Gasteiger partial charge in [-0.05, 0) is 48.9 Å². The first-order valence-electron chi connectivity index (χ1n) is 9.66. The molecule has 2 atom stereocenters. The summed E-state index contributed by atoms with van der Waals surface area (Å²) < 4.78 is 38.0. The van der Waals surface area contributed by atoms with E-state index in [1.165, 1.54) is 6.07 Å². The normalized spacial score (nSPS) is 22.4. The number of anilines is 1. The summed E-state index contributed by atoms with van der Waals surface area (Å²) in [7, 11) is 0. The molecule has 1 amide bonds. The first kappa shape index (κ1) is 20.0. The minimum absolute atomic E-state index is 0.0375. The van der Waals surface area contributed by atoms with Gasteiger partial charge in [-0.15, -0.1) is 0 Å². The number of hydrogen-bond donors (Lipinski definition) is 1. The van der Waals surface area contributed by atoms with Crippen LogP contribution in [0, 0.1) is 5.92 Å². The lowest BCUT2D eigenvalue weighted by atomic mass is 10.0. The number of benzene rings is 1. The molecule has 4 nitrogen and oxygen atoms in total. The van der Waals surface area contributed by atoms with Gasteiger partial charge in [-0.25, -0.2) is 4.98 Å². The van der Waals surface area contributed by atoms with Gasteiger partial charge in [-0.1, -0.05) is 29.8 Å². The minimum Gasteiger partial charge on any atom is -0.356 e. The number of nitrogens with zero attached hydrogens (tertiary/aromatic N) is 2. The lowest BCUT2D eigenvalue weighted by Crippen LogP contribution is -2.45. The van der Waals surface area contributed by atoms with Crippen molar-refractivity contribution in [3.63, 3.8) is 0 Å². The number of aromatic nitrogens is 1. The summed E-state index contributed by atoms with van der Waals surface area (Å²) in [5, 5.41) is 3.82. The topological polar surface area (TPSA) is 45.2 Å². The molecule has 1 aromatic heterocycles. The van der Waals surface area contributed by atoms with E-state index in [0.29, 0.717) is 23.9 Å². The van der Waals surface area contributed by atoms with Crippen LogP contribution in [-0.2, 0) is 11.0 Å². The SMILES string of the molecule is O=C(NC1CCN(c2ccc(C(F)(F)F)cn2)CC1)C1CC1c1ccccc1Cl. The van der Waals surface area contributed by atoms with Crippen molar-refractivity contribution >= 4 is 23.3 Å². The van der Waals surface area contributed by atoms with Crippen LogP contribution in [0.15, 0.2) is 42.6 Å². The Kier molecular flexibility index (Phi) is 5.42. The molecule has 1 N–H and O–H groups in total. The Balaban J connectivity index is 1.27. The van der Waals surface area contributed by atoms with Crippen LogP contribution in [0.25, 0.3) is 0 Å². The third kappa shape index (κ3) is 4.50. The van der Waals surface area contributed by atoms with Crippen LogP contribution in [0.4, 0.5) is 19.0 Å². The summed E-state index contributed by atoms with van der Waals surface area (Å²) in [6, 6.07) is 10.1. The molecule has 2 fully saturated rings. The standard InChI is InChI=1S/C21H21ClF3N3O/c22-18-4-2-1-3-15(18)16-11-17(16)20(29)27-14-7-9-28(10-8-14)19-6-5-13(12-26-19)21(23,24)25/h1-6,12,14,16-17H,7-11H2,(H,27,29). The van der Waals surface area contributed by atoms with Crippen molar-refractivity contribution in [3.05, 3.63) is 58.7 Å². The number of nitrogens with one attached hydrogen (secondary N) is 1. The summed E-state index contributed by atoms with van der Waals surface area (Å²) in [5.41, 5.74) is 0.276. The fraction of sp³-hybridized carbons (Fsp3) is 0.429. The van der Waals surface area contributed by atoms with Crippen LogP contribution in [0.5, 0.6) is 0 Å². The van der Waals surface area contributed by atoms with Gasteiger partial charge >= 0.3 is 6.18 Å². The molecule has 1 aromatic carbocycles. The highest BCUT2D eigenvalue weighted by atomic mass is 35.5. The van der Waals surface area contributed by atoms with Crippen molar-refractivity contribution in [2.45, 2.75) is 37.4 Å². The molecule has 29 heavy (non-hydrogen) atoms. The van der Waals surface area contributed by atoms with E-state index in [2.05, 4.69) is 10.3 Å². The Morgan fingerprint density at radius 3 is 2.48 bits per heavy atom. The molecule has 0 radical (unpaired) electrons. The summed E-state index contributed by atoms with van der Waals surface area (Å²) in [6.45, 7) is 1.28. The largest absolute Gasteiger partial charge is 0.417 e. The Labute approximate surface area is 172 Å². The maximum absolute atomic E-state index is 12.7. The Hall–Kier alpha value is -2.28. The molecule has 2 aliphatic rings. The third-order valence-corrected chi connectivity index (χ3v) is 6.02. The number of piperidine rings is 1. The summed E-state index contributed by atoms with van der Waals surface area (Å²) in [5.74, 6) is 0.731. The highest BCUT2D eigenvalue weighted by Gasteiger charge is 2.45. The molecule has 8 heteroatoms. The molecule has 0 bridgehead atoms. The number of pyridine rings is 1. The molecule has 2 heterocycles.